The van der Waals surface area contributed by atoms with Crippen LogP contribution in [-0.2, 0) is 9.59 Å². The summed E-state index contributed by atoms with van der Waals surface area (Å²) in [5.41, 5.74) is 0. The van der Waals surface area contributed by atoms with E-state index >= 15 is 0 Å². The molecule has 0 spiro atoms. The molecule has 6 heteroatoms. The van der Waals surface area contributed by atoms with Crippen LogP contribution >= 0.6 is 39.6 Å². The summed E-state index contributed by atoms with van der Waals surface area (Å²) in [6, 6.07) is 0. The third-order valence-corrected chi connectivity index (χ3v) is 17.2. The van der Waals surface area contributed by atoms with Crippen LogP contribution in [0.25, 0.3) is 0 Å². The molecule has 2 N–H and O–H groups in total. The number of carbonyl (C=O) groups is 2. The Morgan fingerprint density at radius 3 is 1.21 bits per heavy atom. The first-order valence-electron chi connectivity index (χ1n) is 6.58. The van der Waals surface area contributed by atoms with Crippen LogP contribution in [0, 0.1) is 0 Å². The summed E-state index contributed by atoms with van der Waals surface area (Å²) in [6.07, 6.45) is 0.393. The molecule has 0 radical (unpaired) electrons. The Bertz CT molecular complexity index is 260. The van der Waals surface area contributed by atoms with E-state index in [4.69, 9.17) is 0 Å². The van der Waals surface area contributed by atoms with Gasteiger partial charge in [0.1, 0.15) is 0 Å². The van der Waals surface area contributed by atoms with Gasteiger partial charge < -0.3 is 0 Å². The molecule has 4 nitrogen and oxygen atoms in total. The van der Waals surface area contributed by atoms with Crippen molar-refractivity contribution in [1.82, 2.24) is 0 Å². The van der Waals surface area contributed by atoms with E-state index in [1.54, 1.807) is 0 Å². The number of rotatable bonds is 10. The summed E-state index contributed by atoms with van der Waals surface area (Å²) in [7, 11) is 0. The molecule has 0 amide bonds. The van der Waals surface area contributed by atoms with Crippen molar-refractivity contribution >= 4 is 51.6 Å². The standard InChI is InChI=1S/C13H26I2O4/c1-5-14(6-2)10(12(16)17)9-11(13(18)19)15(7-3)8-4/h10-11H,5-9H2,1-4H3,(H,16,17)(H,18,19). The molecular weight excluding hydrogens is 474 g/mol. The van der Waals surface area contributed by atoms with Crippen LogP contribution in [0.2, 0.25) is 0 Å². The number of alkyl halides is 6. The second kappa shape index (κ2) is 10.2. The van der Waals surface area contributed by atoms with Crippen molar-refractivity contribution in [3.8, 4) is 0 Å². The third kappa shape index (κ3) is 6.14. The van der Waals surface area contributed by atoms with Crippen molar-refractivity contribution < 1.29 is 19.8 Å². The molecule has 0 saturated carbocycles. The molecule has 116 valence electrons. The summed E-state index contributed by atoms with van der Waals surface area (Å²) in [5.74, 6) is -1.52. The van der Waals surface area contributed by atoms with Gasteiger partial charge >= 0.3 is 131 Å². The van der Waals surface area contributed by atoms with Gasteiger partial charge in [-0.2, -0.15) is 0 Å². The molecule has 19 heavy (non-hydrogen) atoms. The van der Waals surface area contributed by atoms with E-state index in [1.807, 2.05) is 0 Å². The number of carboxylic acids is 2. The van der Waals surface area contributed by atoms with Gasteiger partial charge in [-0.05, 0) is 0 Å². The molecule has 0 aliphatic heterocycles. The molecule has 0 aromatic carbocycles. The van der Waals surface area contributed by atoms with Crippen LogP contribution in [0.15, 0.2) is 0 Å². The molecule has 0 rings (SSSR count). The zero-order valence-electron chi connectivity index (χ0n) is 12.2. The van der Waals surface area contributed by atoms with Gasteiger partial charge in [0.05, 0.1) is 0 Å². The van der Waals surface area contributed by atoms with Crippen LogP contribution in [0.4, 0.5) is 0 Å². The van der Waals surface area contributed by atoms with Gasteiger partial charge in [-0.15, -0.1) is 0 Å². The molecule has 0 aliphatic rings. The molecule has 2 atom stereocenters. The van der Waals surface area contributed by atoms with Crippen molar-refractivity contribution in [2.75, 3.05) is 17.7 Å². The number of aliphatic carboxylic acids is 2. The van der Waals surface area contributed by atoms with E-state index < -0.39 is 51.6 Å². The summed E-state index contributed by atoms with van der Waals surface area (Å²) < 4.78 is 3.12. The fourth-order valence-electron chi connectivity index (χ4n) is 2.02. The van der Waals surface area contributed by atoms with Gasteiger partial charge in [-0.25, -0.2) is 0 Å². The van der Waals surface area contributed by atoms with E-state index in [0.29, 0.717) is 6.42 Å². The summed E-state index contributed by atoms with van der Waals surface area (Å²) >= 11 is -3.10. The average molecular weight is 500 g/mol. The summed E-state index contributed by atoms with van der Waals surface area (Å²) in [4.78, 5) is 23.0. The normalized spacial score (nSPS) is 15.6. The first-order chi connectivity index (χ1) is 8.92. The second-order valence-corrected chi connectivity index (χ2v) is 18.7. The topological polar surface area (TPSA) is 74.6 Å². The van der Waals surface area contributed by atoms with Gasteiger partial charge in [0.25, 0.3) is 0 Å². The molecule has 2 unspecified atom stereocenters. The fourth-order valence-corrected chi connectivity index (χ4v) is 13.4. The Kier molecular flexibility index (Phi) is 10.4. The number of halogens is 2. The molecule has 0 aromatic rings. The fraction of sp³-hybridized carbons (Fsp3) is 0.846. The van der Waals surface area contributed by atoms with E-state index in [1.165, 1.54) is 0 Å². The Hall–Kier alpha value is 0.400. The molecule has 0 aromatic heterocycles. The zero-order valence-corrected chi connectivity index (χ0v) is 16.5. The maximum atomic E-state index is 11.5. The predicted octanol–water partition coefficient (Wildman–Crippen LogP) is 3.38. The van der Waals surface area contributed by atoms with Crippen molar-refractivity contribution in [3.63, 3.8) is 0 Å². The second-order valence-electron chi connectivity index (χ2n) is 3.91. The Labute approximate surface area is 130 Å². The summed E-state index contributed by atoms with van der Waals surface area (Å²) in [6.45, 7) is 8.21. The van der Waals surface area contributed by atoms with E-state index in [9.17, 15) is 19.8 Å². The van der Waals surface area contributed by atoms with Crippen LogP contribution < -0.4 is 0 Å². The molecular formula is C13H26I2O4. The molecule has 0 saturated heterocycles. The van der Waals surface area contributed by atoms with Crippen LogP contribution in [0.1, 0.15) is 34.1 Å². The van der Waals surface area contributed by atoms with E-state index in [-0.39, 0.29) is 7.85 Å². The zero-order chi connectivity index (χ0) is 15.0. The summed E-state index contributed by atoms with van der Waals surface area (Å²) in [5, 5.41) is 18.9. The number of carboxylic acid groups (broad SMARTS) is 2. The van der Waals surface area contributed by atoms with E-state index in [0.717, 1.165) is 17.7 Å². The Morgan fingerprint density at radius 2 is 1.05 bits per heavy atom. The van der Waals surface area contributed by atoms with Crippen molar-refractivity contribution in [2.45, 2.75) is 42.0 Å². The van der Waals surface area contributed by atoms with Crippen molar-refractivity contribution in [2.24, 2.45) is 0 Å². The molecule has 0 fully saturated rings. The minimum atomic E-state index is -1.55. The van der Waals surface area contributed by atoms with Gasteiger partial charge in [-0.1, -0.05) is 0 Å². The quantitative estimate of drug-likeness (QED) is 0.357. The first-order valence-corrected chi connectivity index (χ1v) is 15.2. The minimum absolute atomic E-state index is 0.349. The average Bonchev–Trinajstić information content (AvgIpc) is 2.37. The van der Waals surface area contributed by atoms with Gasteiger partial charge in [-0.3, -0.25) is 0 Å². The monoisotopic (exact) mass is 500 g/mol. The van der Waals surface area contributed by atoms with Gasteiger partial charge in [0.2, 0.25) is 0 Å². The van der Waals surface area contributed by atoms with E-state index in [2.05, 4.69) is 27.7 Å². The maximum absolute atomic E-state index is 11.5. The number of hydrogen-bond donors (Lipinski definition) is 2. The SMILES string of the molecule is CCI(CC)C(CC(C(=O)O)I(CC)CC)C(=O)O. The third-order valence-electron chi connectivity index (χ3n) is 3.07. The van der Waals surface area contributed by atoms with Crippen LogP contribution in [0.3, 0.4) is 0 Å². The first kappa shape index (κ1) is 19.4. The molecule has 0 bridgehead atoms. The van der Waals surface area contributed by atoms with Crippen molar-refractivity contribution in [1.29, 1.82) is 0 Å². The van der Waals surface area contributed by atoms with Gasteiger partial charge in [0.15, 0.2) is 0 Å². The van der Waals surface area contributed by atoms with Crippen LogP contribution in [0.5, 0.6) is 0 Å². The Morgan fingerprint density at radius 1 is 0.789 bits per heavy atom. The molecule has 0 aliphatic carbocycles. The number of hydrogen-bond acceptors (Lipinski definition) is 2. The van der Waals surface area contributed by atoms with Crippen molar-refractivity contribution in [3.05, 3.63) is 0 Å². The predicted molar refractivity (Wildman–Crippen MR) is 97.7 cm³/mol. The van der Waals surface area contributed by atoms with Crippen LogP contribution in [-0.4, -0.2) is 47.7 Å². The molecule has 0 heterocycles. The van der Waals surface area contributed by atoms with Gasteiger partial charge in [0, 0.05) is 0 Å². The Balaban J connectivity index is 5.04.